The summed E-state index contributed by atoms with van der Waals surface area (Å²) in [5.74, 6) is 0.994. The number of carbonyl (C=O) groups excluding carboxylic acids is 1. The van der Waals surface area contributed by atoms with Crippen molar-refractivity contribution in [2.45, 2.75) is 13.3 Å². The van der Waals surface area contributed by atoms with Gasteiger partial charge in [-0.3, -0.25) is 4.79 Å². The molecule has 0 saturated carbocycles. The van der Waals surface area contributed by atoms with Crippen LogP contribution in [0.2, 0.25) is 0 Å². The molecule has 0 spiro atoms. The number of amides is 1. The first-order valence-electron chi connectivity index (χ1n) is 7.09. The molecule has 0 atom stereocenters. The second kappa shape index (κ2) is 8.44. The average molecular weight is 364 g/mol. The van der Waals surface area contributed by atoms with Gasteiger partial charge in [-0.2, -0.15) is 0 Å². The maximum atomic E-state index is 12.0. The summed E-state index contributed by atoms with van der Waals surface area (Å²) in [6.45, 7) is 2.58. The number of para-hydroxylation sites is 3. The van der Waals surface area contributed by atoms with Gasteiger partial charge in [0, 0.05) is 4.47 Å². The van der Waals surface area contributed by atoms with Crippen LogP contribution in [0.5, 0.6) is 11.5 Å². The fourth-order valence-corrected chi connectivity index (χ4v) is 2.18. The zero-order valence-electron chi connectivity index (χ0n) is 12.3. The minimum Gasteiger partial charge on any atom is -0.490 e. The Kier molecular flexibility index (Phi) is 6.27. The molecule has 2 aromatic rings. The van der Waals surface area contributed by atoms with Crippen LogP contribution in [0.25, 0.3) is 0 Å². The summed E-state index contributed by atoms with van der Waals surface area (Å²) >= 11 is 3.39. The van der Waals surface area contributed by atoms with Crippen LogP contribution in [0, 0.1) is 0 Å². The third-order valence-electron chi connectivity index (χ3n) is 2.82. The summed E-state index contributed by atoms with van der Waals surface area (Å²) in [6, 6.07) is 14.8. The molecule has 4 nitrogen and oxygen atoms in total. The van der Waals surface area contributed by atoms with E-state index in [-0.39, 0.29) is 12.5 Å². The van der Waals surface area contributed by atoms with E-state index in [0.29, 0.717) is 23.8 Å². The highest BCUT2D eigenvalue weighted by Crippen LogP contribution is 2.26. The number of ether oxygens (including phenoxy) is 2. The molecule has 0 radical (unpaired) electrons. The first-order chi connectivity index (χ1) is 10.7. The van der Waals surface area contributed by atoms with Crippen molar-refractivity contribution in [1.82, 2.24) is 0 Å². The van der Waals surface area contributed by atoms with Crippen LogP contribution in [0.4, 0.5) is 5.69 Å². The second-order valence-corrected chi connectivity index (χ2v) is 5.47. The summed E-state index contributed by atoms with van der Waals surface area (Å²) in [6.07, 6.45) is 0.914. The molecule has 0 aliphatic heterocycles. The molecule has 5 heteroatoms. The van der Waals surface area contributed by atoms with Crippen molar-refractivity contribution >= 4 is 27.5 Å². The summed E-state index contributed by atoms with van der Waals surface area (Å²) < 4.78 is 12.0. The van der Waals surface area contributed by atoms with Crippen LogP contribution in [0.3, 0.4) is 0 Å². The van der Waals surface area contributed by atoms with Gasteiger partial charge in [-0.25, -0.2) is 0 Å². The first kappa shape index (κ1) is 16.4. The van der Waals surface area contributed by atoms with Crippen molar-refractivity contribution in [2.24, 2.45) is 0 Å². The molecule has 116 valence electrons. The van der Waals surface area contributed by atoms with E-state index in [4.69, 9.17) is 9.47 Å². The topological polar surface area (TPSA) is 47.6 Å². The Balaban J connectivity index is 1.92. The fourth-order valence-electron chi connectivity index (χ4n) is 1.79. The van der Waals surface area contributed by atoms with Crippen molar-refractivity contribution in [3.05, 3.63) is 53.0 Å². The molecule has 1 N–H and O–H groups in total. The normalized spacial score (nSPS) is 10.1. The van der Waals surface area contributed by atoms with Crippen LogP contribution >= 0.6 is 15.9 Å². The van der Waals surface area contributed by atoms with Gasteiger partial charge >= 0.3 is 0 Å². The molecule has 0 unspecified atom stereocenters. The zero-order valence-corrected chi connectivity index (χ0v) is 13.9. The number of benzene rings is 2. The molecule has 0 aliphatic rings. The number of halogens is 1. The van der Waals surface area contributed by atoms with E-state index in [9.17, 15) is 4.79 Å². The summed E-state index contributed by atoms with van der Waals surface area (Å²) in [5.41, 5.74) is 0.714. The Labute approximate surface area is 138 Å². The largest absolute Gasteiger partial charge is 0.490 e. The zero-order chi connectivity index (χ0) is 15.8. The van der Waals surface area contributed by atoms with Crippen LogP contribution in [-0.2, 0) is 4.79 Å². The monoisotopic (exact) mass is 363 g/mol. The molecule has 1 amide bonds. The molecule has 0 aliphatic carbocycles. The highest BCUT2D eigenvalue weighted by Gasteiger charge is 2.09. The standard InChI is InChI=1S/C17H18BrNO3/c1-2-11-21-15-9-5-6-10-16(15)22-12-17(20)19-14-8-4-3-7-13(14)18/h3-10H,2,11-12H2,1H3,(H,19,20). The molecule has 0 fully saturated rings. The molecule has 0 aromatic heterocycles. The molecule has 0 bridgehead atoms. The van der Waals surface area contributed by atoms with Crippen LogP contribution in [0.1, 0.15) is 13.3 Å². The van der Waals surface area contributed by atoms with E-state index in [1.54, 1.807) is 6.07 Å². The van der Waals surface area contributed by atoms with Crippen molar-refractivity contribution in [3.8, 4) is 11.5 Å². The van der Waals surface area contributed by atoms with E-state index >= 15 is 0 Å². The molecule has 2 aromatic carbocycles. The van der Waals surface area contributed by atoms with Crippen LogP contribution in [-0.4, -0.2) is 19.1 Å². The number of carbonyl (C=O) groups is 1. The van der Waals surface area contributed by atoms with Crippen molar-refractivity contribution in [3.63, 3.8) is 0 Å². The van der Waals surface area contributed by atoms with Crippen LogP contribution < -0.4 is 14.8 Å². The van der Waals surface area contributed by atoms with Gasteiger partial charge in [0.25, 0.3) is 5.91 Å². The Hall–Kier alpha value is -2.01. The smallest absolute Gasteiger partial charge is 0.262 e. The average Bonchev–Trinajstić information content (AvgIpc) is 2.54. The fraction of sp³-hybridized carbons (Fsp3) is 0.235. The predicted octanol–water partition coefficient (Wildman–Crippen LogP) is 4.26. The van der Waals surface area contributed by atoms with E-state index in [0.717, 1.165) is 10.9 Å². The Morgan fingerprint density at radius 3 is 2.36 bits per heavy atom. The number of anilines is 1. The van der Waals surface area contributed by atoms with E-state index in [1.807, 2.05) is 49.4 Å². The molecular weight excluding hydrogens is 346 g/mol. The number of rotatable bonds is 7. The van der Waals surface area contributed by atoms with E-state index in [1.165, 1.54) is 0 Å². The van der Waals surface area contributed by atoms with Gasteiger partial charge in [-0.1, -0.05) is 31.2 Å². The Morgan fingerprint density at radius 2 is 1.68 bits per heavy atom. The SMILES string of the molecule is CCCOc1ccccc1OCC(=O)Nc1ccccc1Br. The van der Waals surface area contributed by atoms with Gasteiger partial charge < -0.3 is 14.8 Å². The van der Waals surface area contributed by atoms with E-state index < -0.39 is 0 Å². The number of hydrogen-bond acceptors (Lipinski definition) is 3. The first-order valence-corrected chi connectivity index (χ1v) is 7.89. The number of nitrogens with one attached hydrogen (secondary N) is 1. The van der Waals surface area contributed by atoms with Gasteiger partial charge in [0.15, 0.2) is 18.1 Å². The lowest BCUT2D eigenvalue weighted by atomic mass is 10.3. The predicted molar refractivity (Wildman–Crippen MR) is 90.5 cm³/mol. The van der Waals surface area contributed by atoms with Gasteiger partial charge in [0.05, 0.1) is 12.3 Å². The molecule has 0 heterocycles. The third kappa shape index (κ3) is 4.77. The second-order valence-electron chi connectivity index (χ2n) is 4.61. The molecule has 2 rings (SSSR count). The quantitative estimate of drug-likeness (QED) is 0.799. The Morgan fingerprint density at radius 1 is 1.05 bits per heavy atom. The van der Waals surface area contributed by atoms with Gasteiger partial charge in [0.1, 0.15) is 0 Å². The highest BCUT2D eigenvalue weighted by atomic mass is 79.9. The summed E-state index contributed by atoms with van der Waals surface area (Å²) in [5, 5.41) is 2.79. The van der Waals surface area contributed by atoms with Gasteiger partial charge in [-0.05, 0) is 46.6 Å². The van der Waals surface area contributed by atoms with Gasteiger partial charge in [-0.15, -0.1) is 0 Å². The Bertz CT molecular complexity index is 631. The van der Waals surface area contributed by atoms with Gasteiger partial charge in [0.2, 0.25) is 0 Å². The minimum absolute atomic E-state index is 0.0756. The summed E-state index contributed by atoms with van der Waals surface area (Å²) in [4.78, 5) is 12.0. The highest BCUT2D eigenvalue weighted by molar-refractivity contribution is 9.10. The molecule has 22 heavy (non-hydrogen) atoms. The minimum atomic E-state index is -0.225. The summed E-state index contributed by atoms with van der Waals surface area (Å²) in [7, 11) is 0. The maximum Gasteiger partial charge on any atom is 0.262 e. The maximum absolute atomic E-state index is 12.0. The molecular formula is C17H18BrNO3. The van der Waals surface area contributed by atoms with E-state index in [2.05, 4.69) is 21.2 Å². The van der Waals surface area contributed by atoms with Crippen LogP contribution in [0.15, 0.2) is 53.0 Å². The van der Waals surface area contributed by atoms with Crippen molar-refractivity contribution in [1.29, 1.82) is 0 Å². The number of hydrogen-bond donors (Lipinski definition) is 1. The van der Waals surface area contributed by atoms with Crippen molar-refractivity contribution in [2.75, 3.05) is 18.5 Å². The van der Waals surface area contributed by atoms with Crippen molar-refractivity contribution < 1.29 is 14.3 Å². The molecule has 0 saturated heterocycles. The lowest BCUT2D eigenvalue weighted by molar-refractivity contribution is -0.118. The lowest BCUT2D eigenvalue weighted by Gasteiger charge is -2.12. The third-order valence-corrected chi connectivity index (χ3v) is 3.51. The lowest BCUT2D eigenvalue weighted by Crippen LogP contribution is -2.20.